The van der Waals surface area contributed by atoms with E-state index in [1.807, 2.05) is 17.8 Å². The summed E-state index contributed by atoms with van der Waals surface area (Å²) in [6, 6.07) is 3.07. The number of nitrogens with one attached hydrogen (secondary N) is 1. The normalized spacial score (nSPS) is 10.2. The molecule has 2 rings (SSSR count). The van der Waals surface area contributed by atoms with Gasteiger partial charge >= 0.3 is 0 Å². The van der Waals surface area contributed by atoms with E-state index in [-0.39, 0.29) is 5.56 Å². The SMILES string of the molecule is Cn1ccnc1-c1ccc(=O)[nH]n1. The molecule has 5 heteroatoms. The van der Waals surface area contributed by atoms with Crippen LogP contribution in [0.5, 0.6) is 0 Å². The van der Waals surface area contributed by atoms with Gasteiger partial charge in [0.2, 0.25) is 0 Å². The lowest BCUT2D eigenvalue weighted by Crippen LogP contribution is -2.06. The summed E-state index contributed by atoms with van der Waals surface area (Å²) in [5.74, 6) is 0.733. The van der Waals surface area contributed by atoms with Gasteiger partial charge in [-0.05, 0) is 6.07 Å². The van der Waals surface area contributed by atoms with E-state index in [9.17, 15) is 4.79 Å². The summed E-state index contributed by atoms with van der Waals surface area (Å²) < 4.78 is 1.83. The topological polar surface area (TPSA) is 63.6 Å². The van der Waals surface area contributed by atoms with Gasteiger partial charge in [0.05, 0.1) is 0 Å². The molecule has 0 unspecified atom stereocenters. The summed E-state index contributed by atoms with van der Waals surface area (Å²) in [6.07, 6.45) is 3.50. The fraction of sp³-hybridized carbons (Fsp3) is 0.125. The van der Waals surface area contributed by atoms with Gasteiger partial charge < -0.3 is 4.57 Å². The smallest absolute Gasteiger partial charge is 0.264 e. The number of nitrogens with zero attached hydrogens (tertiary/aromatic N) is 3. The monoisotopic (exact) mass is 176 g/mol. The number of aryl methyl sites for hydroxylation is 1. The number of H-pyrrole nitrogens is 1. The zero-order chi connectivity index (χ0) is 9.26. The van der Waals surface area contributed by atoms with Crippen LogP contribution in [0.15, 0.2) is 29.3 Å². The highest BCUT2D eigenvalue weighted by Crippen LogP contribution is 2.09. The van der Waals surface area contributed by atoms with Crippen LogP contribution in [0.1, 0.15) is 0 Å². The number of hydrogen-bond acceptors (Lipinski definition) is 3. The molecule has 0 aliphatic carbocycles. The fourth-order valence-corrected chi connectivity index (χ4v) is 1.08. The summed E-state index contributed by atoms with van der Waals surface area (Å²) in [5.41, 5.74) is 0.449. The van der Waals surface area contributed by atoms with Crippen LogP contribution in [-0.4, -0.2) is 19.7 Å². The largest absolute Gasteiger partial charge is 0.333 e. The molecule has 0 amide bonds. The first-order valence-electron chi connectivity index (χ1n) is 3.81. The molecule has 0 bridgehead atoms. The third-order valence-electron chi connectivity index (χ3n) is 1.73. The number of imidazole rings is 1. The molecule has 0 saturated heterocycles. The van der Waals surface area contributed by atoms with Crippen LogP contribution in [0.3, 0.4) is 0 Å². The second-order valence-corrected chi connectivity index (χ2v) is 2.67. The minimum absolute atomic E-state index is 0.210. The van der Waals surface area contributed by atoms with Crippen LogP contribution in [0.4, 0.5) is 0 Å². The van der Waals surface area contributed by atoms with Crippen molar-refractivity contribution in [3.05, 3.63) is 34.9 Å². The lowest BCUT2D eigenvalue weighted by molar-refractivity contribution is 0.898. The molecule has 2 heterocycles. The van der Waals surface area contributed by atoms with E-state index < -0.39 is 0 Å². The van der Waals surface area contributed by atoms with Gasteiger partial charge in [-0.2, -0.15) is 5.10 Å². The Morgan fingerprint density at radius 1 is 1.46 bits per heavy atom. The van der Waals surface area contributed by atoms with Crippen molar-refractivity contribution in [1.29, 1.82) is 0 Å². The Morgan fingerprint density at radius 3 is 2.85 bits per heavy atom. The molecule has 0 aliphatic heterocycles. The number of aromatic nitrogens is 4. The van der Waals surface area contributed by atoms with Gasteiger partial charge in [0.1, 0.15) is 5.69 Å². The lowest BCUT2D eigenvalue weighted by atomic mass is 10.4. The van der Waals surface area contributed by atoms with Crippen molar-refractivity contribution in [2.75, 3.05) is 0 Å². The Bertz CT molecular complexity index is 450. The fourth-order valence-electron chi connectivity index (χ4n) is 1.08. The third-order valence-corrected chi connectivity index (χ3v) is 1.73. The molecule has 0 fully saturated rings. The minimum Gasteiger partial charge on any atom is -0.333 e. The van der Waals surface area contributed by atoms with Crippen molar-refractivity contribution in [1.82, 2.24) is 19.7 Å². The van der Waals surface area contributed by atoms with Crippen molar-refractivity contribution < 1.29 is 0 Å². The molecular weight excluding hydrogens is 168 g/mol. The first-order valence-corrected chi connectivity index (χ1v) is 3.81. The van der Waals surface area contributed by atoms with Crippen molar-refractivity contribution in [3.8, 4) is 11.5 Å². The van der Waals surface area contributed by atoms with Crippen LogP contribution < -0.4 is 5.56 Å². The van der Waals surface area contributed by atoms with Crippen molar-refractivity contribution in [2.24, 2.45) is 7.05 Å². The maximum atomic E-state index is 10.7. The predicted octanol–water partition coefficient (Wildman–Crippen LogP) is 0.170. The van der Waals surface area contributed by atoms with Gasteiger partial charge in [0.15, 0.2) is 5.82 Å². The van der Waals surface area contributed by atoms with Crippen LogP contribution in [0.2, 0.25) is 0 Å². The summed E-state index contributed by atoms with van der Waals surface area (Å²) >= 11 is 0. The second-order valence-electron chi connectivity index (χ2n) is 2.67. The van der Waals surface area contributed by atoms with Crippen molar-refractivity contribution in [2.45, 2.75) is 0 Å². The number of hydrogen-bond donors (Lipinski definition) is 1. The number of aromatic amines is 1. The zero-order valence-electron chi connectivity index (χ0n) is 7.06. The molecule has 0 saturated carbocycles. The van der Waals surface area contributed by atoms with E-state index in [0.29, 0.717) is 5.69 Å². The van der Waals surface area contributed by atoms with Gasteiger partial charge in [0.25, 0.3) is 5.56 Å². The van der Waals surface area contributed by atoms with E-state index in [1.54, 1.807) is 12.3 Å². The number of rotatable bonds is 1. The highest BCUT2D eigenvalue weighted by atomic mass is 16.1. The predicted molar refractivity (Wildman–Crippen MR) is 47.1 cm³/mol. The molecule has 1 N–H and O–H groups in total. The van der Waals surface area contributed by atoms with E-state index in [2.05, 4.69) is 15.2 Å². The van der Waals surface area contributed by atoms with E-state index in [4.69, 9.17) is 0 Å². The average molecular weight is 176 g/mol. The van der Waals surface area contributed by atoms with E-state index >= 15 is 0 Å². The first-order chi connectivity index (χ1) is 6.27. The van der Waals surface area contributed by atoms with Gasteiger partial charge in [0, 0.05) is 25.5 Å². The van der Waals surface area contributed by atoms with Gasteiger partial charge in [-0.15, -0.1) is 0 Å². The molecule has 66 valence electrons. The van der Waals surface area contributed by atoms with Crippen LogP contribution in [0.25, 0.3) is 11.5 Å². The van der Waals surface area contributed by atoms with Crippen LogP contribution in [-0.2, 0) is 7.05 Å². The molecular formula is C8H8N4O. The summed E-state index contributed by atoms with van der Waals surface area (Å²) in [6.45, 7) is 0. The molecule has 2 aromatic rings. The molecule has 0 aromatic carbocycles. The molecule has 0 spiro atoms. The highest BCUT2D eigenvalue weighted by Gasteiger charge is 2.03. The zero-order valence-corrected chi connectivity index (χ0v) is 7.06. The Kier molecular flexibility index (Phi) is 1.70. The Hall–Kier alpha value is -1.91. The quantitative estimate of drug-likeness (QED) is 0.673. The second kappa shape index (κ2) is 2.85. The average Bonchev–Trinajstić information content (AvgIpc) is 2.53. The molecule has 5 nitrogen and oxygen atoms in total. The van der Waals surface area contributed by atoms with Gasteiger partial charge in [-0.3, -0.25) is 4.79 Å². The minimum atomic E-state index is -0.210. The van der Waals surface area contributed by atoms with Crippen LogP contribution in [0, 0.1) is 0 Å². The van der Waals surface area contributed by atoms with E-state index in [0.717, 1.165) is 5.82 Å². The van der Waals surface area contributed by atoms with Gasteiger partial charge in [-0.1, -0.05) is 0 Å². The van der Waals surface area contributed by atoms with Crippen molar-refractivity contribution >= 4 is 0 Å². The summed E-state index contributed by atoms with van der Waals surface area (Å²) in [7, 11) is 1.87. The lowest BCUT2D eigenvalue weighted by Gasteiger charge is -1.98. The van der Waals surface area contributed by atoms with Gasteiger partial charge in [-0.25, -0.2) is 10.1 Å². The molecule has 2 aromatic heterocycles. The molecule has 0 aliphatic rings. The summed E-state index contributed by atoms with van der Waals surface area (Å²) in [4.78, 5) is 14.8. The summed E-state index contributed by atoms with van der Waals surface area (Å²) in [5, 5.41) is 6.22. The third kappa shape index (κ3) is 1.35. The molecule has 0 radical (unpaired) electrons. The maximum absolute atomic E-state index is 10.7. The highest BCUT2D eigenvalue weighted by molar-refractivity contribution is 5.47. The Balaban J connectivity index is 2.53. The van der Waals surface area contributed by atoms with Crippen molar-refractivity contribution in [3.63, 3.8) is 0 Å². The molecule has 13 heavy (non-hydrogen) atoms. The standard InChI is InChI=1S/C8H8N4O/c1-12-5-4-9-8(12)6-2-3-7(13)11-10-6/h2-5H,1H3,(H,11,13). The van der Waals surface area contributed by atoms with Crippen LogP contribution >= 0.6 is 0 Å². The maximum Gasteiger partial charge on any atom is 0.264 e. The Morgan fingerprint density at radius 2 is 2.31 bits per heavy atom. The van der Waals surface area contributed by atoms with E-state index in [1.165, 1.54) is 6.07 Å². The molecule has 0 atom stereocenters. The first kappa shape index (κ1) is 7.72. The Labute approximate surface area is 74.1 Å².